The van der Waals surface area contributed by atoms with Crippen LogP contribution in [0.2, 0.25) is 0 Å². The zero-order chi connectivity index (χ0) is 14.8. The molecule has 2 N–H and O–H groups in total. The van der Waals surface area contributed by atoms with Crippen molar-refractivity contribution in [3.63, 3.8) is 0 Å². The Hall–Kier alpha value is -1.20. The van der Waals surface area contributed by atoms with Crippen molar-refractivity contribution in [1.82, 2.24) is 10.6 Å². The van der Waals surface area contributed by atoms with Crippen LogP contribution in [0.1, 0.15) is 30.7 Å². The summed E-state index contributed by atoms with van der Waals surface area (Å²) in [6, 6.07) is 3.58. The van der Waals surface area contributed by atoms with Crippen molar-refractivity contribution in [2.45, 2.75) is 25.2 Å². The minimum atomic E-state index is -0.580. The molecule has 0 bridgehead atoms. The lowest BCUT2D eigenvalue weighted by atomic mass is 10.1. The topological polar surface area (TPSA) is 41.1 Å². The zero-order valence-corrected chi connectivity index (χ0v) is 13.1. The summed E-state index contributed by atoms with van der Waals surface area (Å²) >= 11 is 0. The van der Waals surface area contributed by atoms with Gasteiger partial charge in [0.15, 0.2) is 0 Å². The molecule has 1 saturated heterocycles. The Morgan fingerprint density at radius 1 is 1.36 bits per heavy atom. The molecule has 1 aliphatic carbocycles. The molecule has 2 fully saturated rings. The van der Waals surface area contributed by atoms with Crippen LogP contribution in [0.15, 0.2) is 18.2 Å². The van der Waals surface area contributed by atoms with E-state index in [0.29, 0.717) is 24.4 Å². The minimum Gasteiger partial charge on any atom is -0.356 e. The highest BCUT2D eigenvalue weighted by Gasteiger charge is 2.45. The summed E-state index contributed by atoms with van der Waals surface area (Å²) < 4.78 is 26.5. The van der Waals surface area contributed by atoms with Crippen LogP contribution in [0, 0.1) is 23.5 Å². The van der Waals surface area contributed by atoms with Gasteiger partial charge in [-0.05, 0) is 55.8 Å². The van der Waals surface area contributed by atoms with E-state index in [2.05, 4.69) is 10.6 Å². The van der Waals surface area contributed by atoms with Gasteiger partial charge in [0.05, 0.1) is 0 Å². The molecule has 1 heterocycles. The molecule has 1 aliphatic heterocycles. The second-order valence-electron chi connectivity index (χ2n) is 6.05. The van der Waals surface area contributed by atoms with Gasteiger partial charge in [0.25, 0.3) is 0 Å². The molecule has 122 valence electrons. The van der Waals surface area contributed by atoms with Gasteiger partial charge in [0.1, 0.15) is 11.6 Å². The number of hydrogen-bond acceptors (Lipinski definition) is 2. The molecule has 3 unspecified atom stereocenters. The maximum atomic E-state index is 13.7. The molecule has 3 nitrogen and oxygen atoms in total. The molecule has 0 radical (unpaired) electrons. The molecule has 0 aromatic heterocycles. The molecule has 2 aliphatic rings. The van der Waals surface area contributed by atoms with Crippen LogP contribution in [0.25, 0.3) is 0 Å². The van der Waals surface area contributed by atoms with Crippen molar-refractivity contribution >= 4 is 18.3 Å². The third-order valence-corrected chi connectivity index (χ3v) is 4.50. The highest BCUT2D eigenvalue weighted by atomic mass is 35.5. The van der Waals surface area contributed by atoms with Crippen molar-refractivity contribution in [2.75, 3.05) is 19.6 Å². The smallest absolute Gasteiger partial charge is 0.223 e. The van der Waals surface area contributed by atoms with E-state index in [1.54, 1.807) is 0 Å². The summed E-state index contributed by atoms with van der Waals surface area (Å²) in [6.45, 7) is 2.77. The van der Waals surface area contributed by atoms with Gasteiger partial charge in [-0.2, -0.15) is 0 Å². The highest BCUT2D eigenvalue weighted by Crippen LogP contribution is 2.48. The van der Waals surface area contributed by atoms with Crippen LogP contribution in [0.4, 0.5) is 8.78 Å². The van der Waals surface area contributed by atoms with Crippen LogP contribution in [-0.2, 0) is 4.79 Å². The molecule has 6 heteroatoms. The zero-order valence-electron chi connectivity index (χ0n) is 12.3. The first-order valence-corrected chi connectivity index (χ1v) is 7.58. The van der Waals surface area contributed by atoms with Gasteiger partial charge in [0, 0.05) is 18.5 Å². The Kier molecular flexibility index (Phi) is 5.75. The first-order valence-electron chi connectivity index (χ1n) is 7.58. The van der Waals surface area contributed by atoms with Gasteiger partial charge in [-0.1, -0.05) is 6.07 Å². The number of amides is 1. The average Bonchev–Trinajstić information content (AvgIpc) is 3.06. The van der Waals surface area contributed by atoms with Crippen molar-refractivity contribution in [3.8, 4) is 0 Å². The number of rotatable bonds is 5. The van der Waals surface area contributed by atoms with Crippen LogP contribution >= 0.6 is 12.4 Å². The Morgan fingerprint density at radius 3 is 2.86 bits per heavy atom. The maximum Gasteiger partial charge on any atom is 0.223 e. The molecule has 3 atom stereocenters. The second-order valence-corrected chi connectivity index (χ2v) is 6.05. The average molecular weight is 331 g/mol. The number of benzene rings is 1. The Bertz CT molecular complexity index is 535. The van der Waals surface area contributed by atoms with E-state index in [9.17, 15) is 13.6 Å². The quantitative estimate of drug-likeness (QED) is 0.871. The molecule has 1 saturated carbocycles. The van der Waals surface area contributed by atoms with Gasteiger partial charge in [-0.3, -0.25) is 4.79 Å². The third-order valence-electron chi connectivity index (χ3n) is 4.50. The summed E-state index contributed by atoms with van der Waals surface area (Å²) in [5.41, 5.74) is 0.455. The Morgan fingerprint density at radius 2 is 2.18 bits per heavy atom. The fraction of sp³-hybridized carbons (Fsp3) is 0.562. The van der Waals surface area contributed by atoms with E-state index >= 15 is 0 Å². The number of carbonyl (C=O) groups excluding carboxylic acids is 1. The number of halogens is 3. The fourth-order valence-corrected chi connectivity index (χ4v) is 3.12. The standard InChI is InChI=1S/C16H20F2N2O.ClH/c17-11-1-2-12(15(18)7-11)13-8-14(13)16(21)20-6-4-10-3-5-19-9-10;/h1-2,7,10,13-14,19H,3-6,8-9H2,(H,20,21);1H. The summed E-state index contributed by atoms with van der Waals surface area (Å²) in [5.74, 6) is -0.745. The first-order chi connectivity index (χ1) is 10.1. The highest BCUT2D eigenvalue weighted by molar-refractivity contribution is 5.85. The molecular formula is C16H21ClF2N2O. The van der Waals surface area contributed by atoms with Gasteiger partial charge in [-0.15, -0.1) is 12.4 Å². The lowest BCUT2D eigenvalue weighted by Gasteiger charge is -2.09. The summed E-state index contributed by atoms with van der Waals surface area (Å²) in [7, 11) is 0. The molecule has 1 aromatic carbocycles. The number of hydrogen-bond donors (Lipinski definition) is 2. The molecule has 1 aromatic rings. The Labute approximate surface area is 135 Å². The normalized spacial score (nSPS) is 26.4. The van der Waals surface area contributed by atoms with Crippen molar-refractivity contribution in [3.05, 3.63) is 35.4 Å². The summed E-state index contributed by atoms with van der Waals surface area (Å²) in [6.07, 6.45) is 2.81. The van der Waals surface area contributed by atoms with Crippen LogP contribution in [0.3, 0.4) is 0 Å². The SMILES string of the molecule is Cl.O=C(NCCC1CCNC1)C1CC1c1ccc(F)cc1F. The summed E-state index contributed by atoms with van der Waals surface area (Å²) in [5, 5.41) is 6.24. The Balaban J connectivity index is 0.00000176. The largest absolute Gasteiger partial charge is 0.356 e. The van der Waals surface area contributed by atoms with E-state index in [-0.39, 0.29) is 30.2 Å². The predicted octanol–water partition coefficient (Wildman–Crippen LogP) is 2.61. The lowest BCUT2D eigenvalue weighted by Crippen LogP contribution is -2.28. The van der Waals surface area contributed by atoms with Gasteiger partial charge < -0.3 is 10.6 Å². The van der Waals surface area contributed by atoms with Crippen LogP contribution in [0.5, 0.6) is 0 Å². The van der Waals surface area contributed by atoms with Crippen molar-refractivity contribution in [1.29, 1.82) is 0 Å². The first kappa shape index (κ1) is 17.2. The predicted molar refractivity (Wildman–Crippen MR) is 83.1 cm³/mol. The van der Waals surface area contributed by atoms with Crippen molar-refractivity contribution in [2.24, 2.45) is 11.8 Å². The van der Waals surface area contributed by atoms with E-state index in [1.807, 2.05) is 0 Å². The molecular weight excluding hydrogens is 310 g/mol. The maximum absolute atomic E-state index is 13.7. The van der Waals surface area contributed by atoms with Gasteiger partial charge >= 0.3 is 0 Å². The summed E-state index contributed by atoms with van der Waals surface area (Å²) in [4.78, 5) is 12.0. The molecule has 1 amide bonds. The van der Waals surface area contributed by atoms with E-state index in [4.69, 9.17) is 0 Å². The van der Waals surface area contributed by atoms with Gasteiger partial charge in [-0.25, -0.2) is 8.78 Å². The second kappa shape index (κ2) is 7.38. The lowest BCUT2D eigenvalue weighted by molar-refractivity contribution is -0.122. The van der Waals surface area contributed by atoms with E-state index < -0.39 is 11.6 Å². The fourth-order valence-electron chi connectivity index (χ4n) is 3.12. The molecule has 0 spiro atoms. The van der Waals surface area contributed by atoms with Crippen LogP contribution in [-0.4, -0.2) is 25.5 Å². The molecule has 22 heavy (non-hydrogen) atoms. The molecule has 3 rings (SSSR count). The van der Waals surface area contributed by atoms with Crippen LogP contribution < -0.4 is 10.6 Å². The van der Waals surface area contributed by atoms with Crippen molar-refractivity contribution < 1.29 is 13.6 Å². The minimum absolute atomic E-state index is 0. The monoisotopic (exact) mass is 330 g/mol. The number of carbonyl (C=O) groups is 1. The van der Waals surface area contributed by atoms with Gasteiger partial charge in [0.2, 0.25) is 5.91 Å². The number of nitrogens with one attached hydrogen (secondary N) is 2. The van der Waals surface area contributed by atoms with E-state index in [1.165, 1.54) is 18.6 Å². The third kappa shape index (κ3) is 3.96. The van der Waals surface area contributed by atoms with E-state index in [0.717, 1.165) is 25.6 Å².